The van der Waals surface area contributed by atoms with E-state index >= 15 is 0 Å². The van der Waals surface area contributed by atoms with Crippen LogP contribution >= 0.6 is 15.9 Å². The minimum absolute atomic E-state index is 0.0245. The van der Waals surface area contributed by atoms with Gasteiger partial charge < -0.3 is 9.47 Å². The van der Waals surface area contributed by atoms with Gasteiger partial charge in [-0.1, -0.05) is 24.3 Å². The number of benzene rings is 1. The Kier molecular flexibility index (Phi) is 4.10. The van der Waals surface area contributed by atoms with Gasteiger partial charge in [0.15, 0.2) is 0 Å². The number of halogens is 1. The van der Waals surface area contributed by atoms with E-state index in [0.29, 0.717) is 12.2 Å². The molecule has 2 aromatic rings. The van der Waals surface area contributed by atoms with E-state index in [1.165, 1.54) is 11.1 Å². The fourth-order valence-electron chi connectivity index (χ4n) is 2.05. The second-order valence-electron chi connectivity index (χ2n) is 4.74. The number of carbonyl (C=O) groups excluding carboxylic acids is 1. The first-order chi connectivity index (χ1) is 8.99. The van der Waals surface area contributed by atoms with Crippen LogP contribution < -0.4 is 0 Å². The molecule has 1 amide bonds. The van der Waals surface area contributed by atoms with Gasteiger partial charge in [0.05, 0.1) is 0 Å². The lowest BCUT2D eigenvalue weighted by Gasteiger charge is -2.18. The monoisotopic (exact) mass is 320 g/mol. The largest absolute Gasteiger partial charge is 0.345 e. The molecule has 0 spiro atoms. The summed E-state index contributed by atoms with van der Waals surface area (Å²) in [6.07, 6.45) is 1.88. The van der Waals surface area contributed by atoms with E-state index in [4.69, 9.17) is 0 Å². The van der Waals surface area contributed by atoms with Crippen LogP contribution in [0, 0.1) is 6.92 Å². The SMILES string of the molecule is Cc1ccccc1CN(C)C(=O)c1cc(Br)cn1C. The molecular weight excluding hydrogens is 304 g/mol. The van der Waals surface area contributed by atoms with E-state index in [1.807, 2.05) is 43.1 Å². The summed E-state index contributed by atoms with van der Waals surface area (Å²) in [7, 11) is 3.70. The molecule has 0 bridgehead atoms. The first kappa shape index (κ1) is 13.9. The van der Waals surface area contributed by atoms with Gasteiger partial charge in [-0.25, -0.2) is 0 Å². The average molecular weight is 321 g/mol. The maximum absolute atomic E-state index is 12.4. The van der Waals surface area contributed by atoms with E-state index < -0.39 is 0 Å². The summed E-state index contributed by atoms with van der Waals surface area (Å²) < 4.78 is 2.75. The van der Waals surface area contributed by atoms with Gasteiger partial charge in [-0.2, -0.15) is 0 Å². The van der Waals surface area contributed by atoms with Crippen LogP contribution in [0.15, 0.2) is 41.0 Å². The number of nitrogens with zero attached hydrogens (tertiary/aromatic N) is 2. The maximum Gasteiger partial charge on any atom is 0.270 e. The van der Waals surface area contributed by atoms with Crippen molar-refractivity contribution < 1.29 is 4.79 Å². The average Bonchev–Trinajstić information content (AvgIpc) is 2.70. The molecule has 1 heterocycles. The fourth-order valence-corrected chi connectivity index (χ4v) is 2.57. The van der Waals surface area contributed by atoms with Crippen LogP contribution in [0.3, 0.4) is 0 Å². The molecule has 0 saturated carbocycles. The van der Waals surface area contributed by atoms with Crippen molar-refractivity contribution in [2.75, 3.05) is 7.05 Å². The van der Waals surface area contributed by atoms with Crippen LogP contribution in [-0.4, -0.2) is 22.4 Å². The summed E-state index contributed by atoms with van der Waals surface area (Å²) in [5.41, 5.74) is 3.06. The Balaban J connectivity index is 2.16. The number of hydrogen-bond acceptors (Lipinski definition) is 1. The summed E-state index contributed by atoms with van der Waals surface area (Å²) in [4.78, 5) is 14.1. The molecule has 0 saturated heterocycles. The standard InChI is InChI=1S/C15H17BrN2O/c1-11-6-4-5-7-12(11)9-18(3)15(19)14-8-13(16)10-17(14)2/h4-8,10H,9H2,1-3H3. The van der Waals surface area contributed by atoms with Crippen LogP contribution in [0.2, 0.25) is 0 Å². The maximum atomic E-state index is 12.4. The summed E-state index contributed by atoms with van der Waals surface area (Å²) in [5.74, 6) is 0.0245. The third-order valence-electron chi connectivity index (χ3n) is 3.21. The van der Waals surface area contributed by atoms with Crippen molar-refractivity contribution in [1.29, 1.82) is 0 Å². The van der Waals surface area contributed by atoms with Crippen LogP contribution in [0.25, 0.3) is 0 Å². The third kappa shape index (κ3) is 3.07. The Hall–Kier alpha value is -1.55. The highest BCUT2D eigenvalue weighted by Gasteiger charge is 2.16. The molecule has 1 aromatic heterocycles. The van der Waals surface area contributed by atoms with Gasteiger partial charge in [0.2, 0.25) is 0 Å². The highest BCUT2D eigenvalue weighted by atomic mass is 79.9. The lowest BCUT2D eigenvalue weighted by atomic mass is 10.1. The summed E-state index contributed by atoms with van der Waals surface area (Å²) in [6.45, 7) is 2.68. The lowest BCUT2D eigenvalue weighted by molar-refractivity contribution is 0.0775. The number of aromatic nitrogens is 1. The molecule has 0 aliphatic carbocycles. The number of amides is 1. The highest BCUT2D eigenvalue weighted by Crippen LogP contribution is 2.16. The van der Waals surface area contributed by atoms with Crippen LogP contribution in [0.4, 0.5) is 0 Å². The number of hydrogen-bond donors (Lipinski definition) is 0. The highest BCUT2D eigenvalue weighted by molar-refractivity contribution is 9.10. The van der Waals surface area contributed by atoms with E-state index in [2.05, 4.69) is 35.0 Å². The van der Waals surface area contributed by atoms with E-state index in [1.54, 1.807) is 4.90 Å². The molecule has 0 atom stereocenters. The van der Waals surface area contributed by atoms with E-state index in [9.17, 15) is 4.79 Å². The third-order valence-corrected chi connectivity index (χ3v) is 3.64. The molecule has 0 radical (unpaired) electrons. The van der Waals surface area contributed by atoms with Crippen LogP contribution in [0.5, 0.6) is 0 Å². The lowest BCUT2D eigenvalue weighted by Crippen LogP contribution is -2.28. The minimum Gasteiger partial charge on any atom is -0.345 e. The Labute approximate surface area is 122 Å². The Bertz CT molecular complexity index is 604. The van der Waals surface area contributed by atoms with Crippen molar-refractivity contribution in [3.63, 3.8) is 0 Å². The second kappa shape index (κ2) is 5.61. The Morgan fingerprint density at radius 1 is 1.37 bits per heavy atom. The topological polar surface area (TPSA) is 25.2 Å². The molecule has 1 aromatic carbocycles. The molecule has 100 valence electrons. The van der Waals surface area contributed by atoms with Crippen molar-refractivity contribution >= 4 is 21.8 Å². The predicted octanol–water partition coefficient (Wildman–Crippen LogP) is 3.37. The molecular formula is C15H17BrN2O. The number of carbonyl (C=O) groups is 1. The van der Waals surface area contributed by atoms with E-state index in [-0.39, 0.29) is 5.91 Å². The molecule has 0 fully saturated rings. The molecule has 2 rings (SSSR count). The molecule has 19 heavy (non-hydrogen) atoms. The predicted molar refractivity (Wildman–Crippen MR) is 80.1 cm³/mol. The van der Waals surface area contributed by atoms with Crippen molar-refractivity contribution in [3.8, 4) is 0 Å². The van der Waals surface area contributed by atoms with Gasteiger partial charge in [-0.05, 0) is 40.0 Å². The summed E-state index contributed by atoms with van der Waals surface area (Å²) in [6, 6.07) is 9.97. The van der Waals surface area contributed by atoms with E-state index in [0.717, 1.165) is 4.47 Å². The zero-order valence-electron chi connectivity index (χ0n) is 11.4. The van der Waals surface area contributed by atoms with Crippen LogP contribution in [-0.2, 0) is 13.6 Å². The van der Waals surface area contributed by atoms with Crippen molar-refractivity contribution in [2.45, 2.75) is 13.5 Å². The van der Waals surface area contributed by atoms with Gasteiger partial charge in [0, 0.05) is 31.3 Å². The number of rotatable bonds is 3. The summed E-state index contributed by atoms with van der Waals surface area (Å²) in [5, 5.41) is 0. The minimum atomic E-state index is 0.0245. The molecule has 0 unspecified atom stereocenters. The van der Waals surface area contributed by atoms with Gasteiger partial charge in [-0.3, -0.25) is 4.79 Å². The first-order valence-electron chi connectivity index (χ1n) is 6.11. The molecule has 4 heteroatoms. The number of aryl methyl sites for hydroxylation is 2. The molecule has 0 aliphatic rings. The van der Waals surface area contributed by atoms with Crippen molar-refractivity contribution in [1.82, 2.24) is 9.47 Å². The molecule has 0 aliphatic heterocycles. The second-order valence-corrected chi connectivity index (χ2v) is 5.66. The quantitative estimate of drug-likeness (QED) is 0.851. The molecule has 3 nitrogen and oxygen atoms in total. The van der Waals surface area contributed by atoms with Crippen molar-refractivity contribution in [2.24, 2.45) is 7.05 Å². The normalized spacial score (nSPS) is 10.5. The fraction of sp³-hybridized carbons (Fsp3) is 0.267. The molecule has 0 N–H and O–H groups in total. The van der Waals surface area contributed by atoms with Gasteiger partial charge in [0.1, 0.15) is 5.69 Å². The van der Waals surface area contributed by atoms with Crippen molar-refractivity contribution in [3.05, 3.63) is 57.8 Å². The Morgan fingerprint density at radius 3 is 2.63 bits per heavy atom. The van der Waals surface area contributed by atoms with Crippen LogP contribution in [0.1, 0.15) is 21.6 Å². The van der Waals surface area contributed by atoms with Gasteiger partial charge in [-0.15, -0.1) is 0 Å². The first-order valence-corrected chi connectivity index (χ1v) is 6.90. The smallest absolute Gasteiger partial charge is 0.270 e. The van der Waals surface area contributed by atoms with Gasteiger partial charge >= 0.3 is 0 Å². The zero-order valence-corrected chi connectivity index (χ0v) is 12.9. The Morgan fingerprint density at radius 2 is 2.05 bits per heavy atom. The zero-order chi connectivity index (χ0) is 14.0. The summed E-state index contributed by atoms with van der Waals surface area (Å²) >= 11 is 3.39. The van der Waals surface area contributed by atoms with Gasteiger partial charge in [0.25, 0.3) is 5.91 Å².